The summed E-state index contributed by atoms with van der Waals surface area (Å²) in [5.74, 6) is 0.699. The van der Waals surface area contributed by atoms with Gasteiger partial charge in [-0.1, -0.05) is 11.3 Å². The van der Waals surface area contributed by atoms with Crippen LogP contribution in [0.3, 0.4) is 0 Å². The van der Waals surface area contributed by atoms with E-state index in [4.69, 9.17) is 4.42 Å². The van der Waals surface area contributed by atoms with Crippen LogP contribution in [0, 0.1) is 6.92 Å². The second-order valence-electron chi connectivity index (χ2n) is 3.70. The summed E-state index contributed by atoms with van der Waals surface area (Å²) in [4.78, 5) is 9.43. The Bertz CT molecular complexity index is 605. The van der Waals surface area contributed by atoms with Crippen LogP contribution in [0.25, 0.3) is 10.5 Å². The number of hydrogen-bond acceptors (Lipinski definition) is 4. The minimum absolute atomic E-state index is 0.642. The molecule has 5 nitrogen and oxygen atoms in total. The highest BCUT2D eigenvalue weighted by Crippen LogP contribution is 2.22. The average molecular weight is 235 g/mol. The van der Waals surface area contributed by atoms with Crippen molar-refractivity contribution >= 4 is 21.9 Å². The van der Waals surface area contributed by atoms with Crippen molar-refractivity contribution in [2.45, 2.75) is 13.5 Å². The molecular weight excluding hydrogens is 224 g/mol. The number of nitrogens with zero attached hydrogens (tertiary/aromatic N) is 4. The third-order valence-electron chi connectivity index (χ3n) is 2.27. The highest BCUT2D eigenvalue weighted by atomic mass is 32.1. The van der Waals surface area contributed by atoms with E-state index in [9.17, 15) is 0 Å². The van der Waals surface area contributed by atoms with E-state index in [0.29, 0.717) is 18.1 Å². The van der Waals surface area contributed by atoms with E-state index in [-0.39, 0.29) is 0 Å². The summed E-state index contributed by atoms with van der Waals surface area (Å²) in [5, 5.41) is 0.986. The van der Waals surface area contributed by atoms with Gasteiger partial charge in [0.2, 0.25) is 22.8 Å². The second kappa shape index (κ2) is 3.41. The summed E-state index contributed by atoms with van der Waals surface area (Å²) in [6.07, 6.45) is 5.95. The Morgan fingerprint density at radius 2 is 2.38 bits per heavy atom. The molecule has 16 heavy (non-hydrogen) atoms. The maximum Gasteiger partial charge on any atom is 0.243 e. The fraction of sp³-hybridized carbons (Fsp3) is 0.300. The maximum absolute atomic E-state index is 5.62. The molecule has 0 saturated heterocycles. The lowest BCUT2D eigenvalue weighted by molar-refractivity contribution is -0.671. The van der Waals surface area contributed by atoms with Crippen LogP contribution >= 0.6 is 11.3 Å². The number of aromatic nitrogens is 4. The van der Waals surface area contributed by atoms with Gasteiger partial charge in [0.15, 0.2) is 6.54 Å². The summed E-state index contributed by atoms with van der Waals surface area (Å²) in [5.41, 5.74) is 0.717. The fourth-order valence-electron chi connectivity index (χ4n) is 1.60. The molecule has 0 saturated carbocycles. The summed E-state index contributed by atoms with van der Waals surface area (Å²) in [6, 6.07) is 0. The van der Waals surface area contributed by atoms with Gasteiger partial charge in [-0.3, -0.25) is 0 Å². The van der Waals surface area contributed by atoms with Crippen LogP contribution in [0.5, 0.6) is 0 Å². The van der Waals surface area contributed by atoms with Gasteiger partial charge in [-0.2, -0.15) is 4.98 Å². The molecule has 3 heterocycles. The van der Waals surface area contributed by atoms with Gasteiger partial charge in [0.25, 0.3) is 0 Å². The quantitative estimate of drug-likeness (QED) is 0.628. The third-order valence-corrected chi connectivity index (χ3v) is 3.11. The van der Waals surface area contributed by atoms with Crippen molar-refractivity contribution in [2.75, 3.05) is 0 Å². The molecule has 0 aliphatic carbocycles. The number of rotatable bonds is 2. The lowest BCUT2D eigenvalue weighted by Gasteiger charge is -1.89. The van der Waals surface area contributed by atoms with E-state index in [2.05, 4.69) is 9.97 Å². The molecule has 0 atom stereocenters. The van der Waals surface area contributed by atoms with Crippen LogP contribution in [0.4, 0.5) is 0 Å². The van der Waals surface area contributed by atoms with Crippen molar-refractivity contribution in [3.05, 3.63) is 29.6 Å². The molecule has 0 bridgehead atoms. The molecule has 0 radical (unpaired) electrons. The normalized spacial score (nSPS) is 11.4. The highest BCUT2D eigenvalue weighted by molar-refractivity contribution is 7.17. The van der Waals surface area contributed by atoms with Crippen LogP contribution < -0.4 is 4.57 Å². The van der Waals surface area contributed by atoms with Gasteiger partial charge in [-0.25, -0.2) is 14.1 Å². The molecule has 0 fully saturated rings. The first-order valence-electron chi connectivity index (χ1n) is 4.94. The van der Waals surface area contributed by atoms with Gasteiger partial charge in [-0.05, 0) is 6.92 Å². The first-order chi connectivity index (χ1) is 7.70. The first-order valence-corrected chi connectivity index (χ1v) is 5.76. The topological polar surface area (TPSA) is 47.7 Å². The van der Waals surface area contributed by atoms with Gasteiger partial charge in [-0.15, -0.1) is 0 Å². The van der Waals surface area contributed by atoms with Gasteiger partial charge >= 0.3 is 0 Å². The number of aryl methyl sites for hydroxylation is 2. The standard InChI is InChI=1S/C10H11N4OS/c1-7-11-9-10(16-7)15-8(12-9)5-14-4-3-13(2)6-14/h3-4,6H,5H2,1-2H3/q+1. The summed E-state index contributed by atoms with van der Waals surface area (Å²) < 4.78 is 9.61. The molecule has 0 aromatic carbocycles. The van der Waals surface area contributed by atoms with Crippen LogP contribution in [-0.4, -0.2) is 14.5 Å². The Hall–Kier alpha value is -1.69. The molecule has 0 spiro atoms. The van der Waals surface area contributed by atoms with Crippen LogP contribution in [0.2, 0.25) is 0 Å². The SMILES string of the molecule is Cc1nc2nc(Cn3cc[n+](C)c3)oc2s1. The number of fused-ring (bicyclic) bond motifs is 1. The zero-order chi connectivity index (χ0) is 11.1. The van der Waals surface area contributed by atoms with Gasteiger partial charge in [0, 0.05) is 0 Å². The molecule has 82 valence electrons. The van der Waals surface area contributed by atoms with E-state index in [1.54, 1.807) is 0 Å². The number of oxazole rings is 1. The lowest BCUT2D eigenvalue weighted by Crippen LogP contribution is -2.23. The van der Waals surface area contributed by atoms with E-state index in [0.717, 1.165) is 9.90 Å². The Morgan fingerprint density at radius 3 is 3.06 bits per heavy atom. The molecule has 6 heteroatoms. The molecule has 0 unspecified atom stereocenters. The smallest absolute Gasteiger partial charge is 0.243 e. The van der Waals surface area contributed by atoms with E-state index >= 15 is 0 Å². The van der Waals surface area contributed by atoms with Crippen molar-refractivity contribution in [1.82, 2.24) is 14.5 Å². The minimum atomic E-state index is 0.642. The first kappa shape index (κ1) is 9.53. The Morgan fingerprint density at radius 1 is 1.50 bits per heavy atom. The molecule has 0 amide bonds. The molecule has 0 aliphatic heterocycles. The summed E-state index contributed by atoms with van der Waals surface area (Å²) >= 11 is 1.53. The zero-order valence-corrected chi connectivity index (χ0v) is 9.86. The molecule has 3 aromatic rings. The monoisotopic (exact) mass is 235 g/mol. The van der Waals surface area contributed by atoms with Gasteiger partial charge in [0.05, 0.1) is 12.1 Å². The summed E-state index contributed by atoms with van der Waals surface area (Å²) in [6.45, 7) is 2.59. The molecule has 3 aromatic heterocycles. The van der Waals surface area contributed by atoms with Crippen molar-refractivity contribution in [2.24, 2.45) is 7.05 Å². The molecule has 3 rings (SSSR count). The number of hydrogen-bond donors (Lipinski definition) is 0. The molecular formula is C10H11N4OS+. The third kappa shape index (κ3) is 1.61. The maximum atomic E-state index is 5.62. The highest BCUT2D eigenvalue weighted by Gasteiger charge is 2.12. The second-order valence-corrected chi connectivity index (χ2v) is 4.87. The predicted octanol–water partition coefficient (Wildman–Crippen LogP) is 1.27. The van der Waals surface area contributed by atoms with Crippen LogP contribution in [0.1, 0.15) is 10.9 Å². The van der Waals surface area contributed by atoms with Crippen molar-refractivity contribution < 1.29 is 8.98 Å². The minimum Gasteiger partial charge on any atom is -0.424 e. The van der Waals surface area contributed by atoms with Gasteiger partial charge in [0.1, 0.15) is 12.4 Å². The lowest BCUT2D eigenvalue weighted by atomic mass is 10.6. The van der Waals surface area contributed by atoms with E-state index in [1.165, 1.54) is 11.3 Å². The fourth-order valence-corrected chi connectivity index (χ4v) is 2.32. The number of thiazole rings is 1. The summed E-state index contributed by atoms with van der Waals surface area (Å²) in [7, 11) is 1.98. The van der Waals surface area contributed by atoms with Crippen molar-refractivity contribution in [1.29, 1.82) is 0 Å². The van der Waals surface area contributed by atoms with Crippen LogP contribution in [-0.2, 0) is 13.6 Å². The molecule has 0 N–H and O–H groups in total. The molecule has 0 aliphatic rings. The predicted molar refractivity (Wildman–Crippen MR) is 59.1 cm³/mol. The zero-order valence-electron chi connectivity index (χ0n) is 9.04. The van der Waals surface area contributed by atoms with E-state index in [1.807, 2.05) is 41.8 Å². The largest absolute Gasteiger partial charge is 0.424 e. The Balaban J connectivity index is 1.91. The average Bonchev–Trinajstić information content (AvgIpc) is 2.81. The number of imidazole rings is 1. The van der Waals surface area contributed by atoms with E-state index < -0.39 is 0 Å². The van der Waals surface area contributed by atoms with Gasteiger partial charge < -0.3 is 4.42 Å². The van der Waals surface area contributed by atoms with Crippen LogP contribution in [0.15, 0.2) is 23.1 Å². The van der Waals surface area contributed by atoms with Crippen molar-refractivity contribution in [3.8, 4) is 0 Å². The Labute approximate surface area is 96.0 Å². The van der Waals surface area contributed by atoms with Crippen molar-refractivity contribution in [3.63, 3.8) is 0 Å². The Kier molecular flexibility index (Phi) is 2.03.